The second kappa shape index (κ2) is 4.39. The van der Waals surface area contributed by atoms with Gasteiger partial charge in [0, 0.05) is 0 Å². The number of nitrogens with one attached hydrogen (secondary N) is 1. The molecule has 0 atom stereocenters. The Labute approximate surface area is 104 Å². The summed E-state index contributed by atoms with van der Waals surface area (Å²) in [5.41, 5.74) is 3.45. The molecule has 16 heavy (non-hydrogen) atoms. The summed E-state index contributed by atoms with van der Waals surface area (Å²) in [6.07, 6.45) is 1.88. The molecule has 0 unspecified atom stereocenters. The number of hydrogen-bond donors (Lipinski definition) is 1. The lowest BCUT2D eigenvalue weighted by molar-refractivity contribution is -0.115. The van der Waals surface area contributed by atoms with Gasteiger partial charge in [-0.15, -0.1) is 0 Å². The summed E-state index contributed by atoms with van der Waals surface area (Å²) in [6, 6.07) is 6.16. The minimum atomic E-state index is -0.102. The highest BCUT2D eigenvalue weighted by molar-refractivity contribution is 8.26. The average molecular weight is 249 g/mol. The molecule has 1 aromatic carbocycles. The zero-order chi connectivity index (χ0) is 11.7. The number of carbonyl (C=O) groups excluding carboxylic acids is 1. The van der Waals surface area contributed by atoms with Gasteiger partial charge in [0.1, 0.15) is 4.32 Å². The molecule has 0 aliphatic carbocycles. The number of aryl methyl sites for hydroxylation is 2. The van der Waals surface area contributed by atoms with Crippen molar-refractivity contribution < 1.29 is 4.79 Å². The summed E-state index contributed by atoms with van der Waals surface area (Å²) in [5, 5.41) is 2.61. The quantitative estimate of drug-likeness (QED) is 0.613. The van der Waals surface area contributed by atoms with Crippen LogP contribution in [0.3, 0.4) is 0 Å². The van der Waals surface area contributed by atoms with Gasteiger partial charge < -0.3 is 5.32 Å². The Balaban J connectivity index is 2.36. The number of amides is 1. The van der Waals surface area contributed by atoms with Gasteiger partial charge in [0.05, 0.1) is 4.91 Å². The minimum absolute atomic E-state index is 0.102. The molecule has 0 radical (unpaired) electrons. The first-order chi connectivity index (χ1) is 7.56. The fourth-order valence-electron chi connectivity index (χ4n) is 1.55. The lowest BCUT2D eigenvalue weighted by atomic mass is 10.1. The summed E-state index contributed by atoms with van der Waals surface area (Å²) in [7, 11) is 0. The Bertz CT molecular complexity index is 506. The number of benzene rings is 1. The highest BCUT2D eigenvalue weighted by Gasteiger charge is 2.21. The van der Waals surface area contributed by atoms with E-state index in [4.69, 9.17) is 12.2 Å². The second-order valence-corrected chi connectivity index (χ2v) is 5.43. The van der Waals surface area contributed by atoms with Gasteiger partial charge in [0.15, 0.2) is 0 Å². The summed E-state index contributed by atoms with van der Waals surface area (Å²) in [6.45, 7) is 4.09. The summed E-state index contributed by atoms with van der Waals surface area (Å²) < 4.78 is 0.529. The third-order valence-electron chi connectivity index (χ3n) is 2.35. The van der Waals surface area contributed by atoms with Crippen LogP contribution in [0.25, 0.3) is 6.08 Å². The molecule has 1 amide bonds. The van der Waals surface area contributed by atoms with Crippen LogP contribution in [0, 0.1) is 13.8 Å². The molecule has 1 fully saturated rings. The molecule has 0 bridgehead atoms. The predicted octanol–water partition coefficient (Wildman–Crippen LogP) is 2.79. The van der Waals surface area contributed by atoms with E-state index in [-0.39, 0.29) is 5.91 Å². The Kier molecular flexibility index (Phi) is 3.12. The van der Waals surface area contributed by atoms with Crippen LogP contribution in [-0.2, 0) is 4.79 Å². The predicted molar refractivity (Wildman–Crippen MR) is 72.2 cm³/mol. The Hall–Kier alpha value is -1.13. The van der Waals surface area contributed by atoms with Crippen molar-refractivity contribution in [1.29, 1.82) is 0 Å². The maximum Gasteiger partial charge on any atom is 0.263 e. The molecule has 1 N–H and O–H groups in total. The summed E-state index contributed by atoms with van der Waals surface area (Å²) >= 11 is 6.25. The average Bonchev–Trinajstić information content (AvgIpc) is 2.50. The minimum Gasteiger partial charge on any atom is -0.307 e. The molecule has 2 nitrogen and oxygen atoms in total. The molecule has 0 aromatic heterocycles. The van der Waals surface area contributed by atoms with Crippen molar-refractivity contribution in [3.63, 3.8) is 0 Å². The number of thioether (sulfide) groups is 1. The fourth-order valence-corrected chi connectivity index (χ4v) is 2.58. The van der Waals surface area contributed by atoms with E-state index in [0.717, 1.165) is 5.56 Å². The molecule has 1 heterocycles. The van der Waals surface area contributed by atoms with E-state index in [1.807, 2.05) is 25.1 Å². The molecule has 1 aliphatic rings. The largest absolute Gasteiger partial charge is 0.307 e. The Morgan fingerprint density at radius 2 is 2.12 bits per heavy atom. The molecule has 2 rings (SSSR count). The smallest absolute Gasteiger partial charge is 0.263 e. The van der Waals surface area contributed by atoms with Crippen molar-refractivity contribution in [3.05, 3.63) is 39.8 Å². The second-order valence-electron chi connectivity index (χ2n) is 3.71. The van der Waals surface area contributed by atoms with E-state index in [2.05, 4.69) is 18.3 Å². The monoisotopic (exact) mass is 249 g/mol. The topological polar surface area (TPSA) is 29.1 Å². The van der Waals surface area contributed by atoms with E-state index in [1.165, 1.54) is 22.9 Å². The van der Waals surface area contributed by atoms with E-state index in [9.17, 15) is 4.79 Å². The zero-order valence-corrected chi connectivity index (χ0v) is 10.7. The van der Waals surface area contributed by atoms with Gasteiger partial charge in [-0.2, -0.15) is 0 Å². The Morgan fingerprint density at radius 1 is 1.38 bits per heavy atom. The third kappa shape index (κ3) is 2.33. The fraction of sp³-hybridized carbons (Fsp3) is 0.167. The van der Waals surface area contributed by atoms with Gasteiger partial charge >= 0.3 is 0 Å². The number of rotatable bonds is 1. The first kappa shape index (κ1) is 11.4. The van der Waals surface area contributed by atoms with E-state index >= 15 is 0 Å². The zero-order valence-electron chi connectivity index (χ0n) is 9.03. The van der Waals surface area contributed by atoms with Gasteiger partial charge in [-0.25, -0.2) is 0 Å². The van der Waals surface area contributed by atoms with Crippen LogP contribution in [0.15, 0.2) is 23.1 Å². The van der Waals surface area contributed by atoms with E-state index in [0.29, 0.717) is 9.23 Å². The van der Waals surface area contributed by atoms with Crippen molar-refractivity contribution in [2.75, 3.05) is 0 Å². The van der Waals surface area contributed by atoms with Crippen LogP contribution in [0.4, 0.5) is 0 Å². The Morgan fingerprint density at radius 3 is 2.69 bits per heavy atom. The maximum atomic E-state index is 11.5. The van der Waals surface area contributed by atoms with Crippen LogP contribution in [0.5, 0.6) is 0 Å². The molecule has 0 spiro atoms. The lowest BCUT2D eigenvalue weighted by Gasteiger charge is -2.02. The molecule has 1 aliphatic heterocycles. The van der Waals surface area contributed by atoms with Gasteiger partial charge in [-0.05, 0) is 31.1 Å². The standard InChI is InChI=1S/C12H11NOS2/c1-7-3-4-9(8(2)5-7)6-10-11(14)13-12(15)16-10/h3-6H,1-2H3,(H,13,14,15)/b10-6+. The number of hydrogen-bond acceptors (Lipinski definition) is 3. The first-order valence-electron chi connectivity index (χ1n) is 4.88. The molecular formula is C12H11NOS2. The SMILES string of the molecule is Cc1ccc(/C=C2/SC(=S)NC2=O)c(C)c1. The molecule has 82 valence electrons. The van der Waals surface area contributed by atoms with Crippen LogP contribution < -0.4 is 5.32 Å². The van der Waals surface area contributed by atoms with Crippen molar-refractivity contribution in [1.82, 2.24) is 5.32 Å². The molecule has 1 aromatic rings. The van der Waals surface area contributed by atoms with Crippen molar-refractivity contribution in [2.45, 2.75) is 13.8 Å². The summed E-state index contributed by atoms with van der Waals surface area (Å²) in [4.78, 5) is 12.1. The molecule has 4 heteroatoms. The van der Waals surface area contributed by atoms with E-state index < -0.39 is 0 Å². The number of carbonyl (C=O) groups is 1. The first-order valence-corrected chi connectivity index (χ1v) is 6.11. The van der Waals surface area contributed by atoms with Crippen LogP contribution >= 0.6 is 24.0 Å². The maximum absolute atomic E-state index is 11.5. The molecule has 1 saturated heterocycles. The summed E-state index contributed by atoms with van der Waals surface area (Å²) in [5.74, 6) is -0.102. The van der Waals surface area contributed by atoms with Crippen molar-refractivity contribution in [2.24, 2.45) is 0 Å². The van der Waals surface area contributed by atoms with Gasteiger partial charge in [-0.1, -0.05) is 47.7 Å². The van der Waals surface area contributed by atoms with Crippen LogP contribution in [0.1, 0.15) is 16.7 Å². The molecule has 0 saturated carbocycles. The van der Waals surface area contributed by atoms with Crippen LogP contribution in [0.2, 0.25) is 0 Å². The highest BCUT2D eigenvalue weighted by Crippen LogP contribution is 2.26. The van der Waals surface area contributed by atoms with Crippen molar-refractivity contribution >= 4 is 40.3 Å². The normalized spacial score (nSPS) is 18.0. The van der Waals surface area contributed by atoms with Crippen LogP contribution in [-0.4, -0.2) is 10.2 Å². The van der Waals surface area contributed by atoms with Gasteiger partial charge in [-0.3, -0.25) is 4.79 Å². The van der Waals surface area contributed by atoms with Gasteiger partial charge in [0.25, 0.3) is 5.91 Å². The molecular weight excluding hydrogens is 238 g/mol. The highest BCUT2D eigenvalue weighted by atomic mass is 32.2. The van der Waals surface area contributed by atoms with E-state index in [1.54, 1.807) is 0 Å². The van der Waals surface area contributed by atoms with Gasteiger partial charge in [0.2, 0.25) is 0 Å². The number of thiocarbonyl (C=S) groups is 1. The lowest BCUT2D eigenvalue weighted by Crippen LogP contribution is -2.17. The third-order valence-corrected chi connectivity index (χ3v) is 3.52. The van der Waals surface area contributed by atoms with Crippen molar-refractivity contribution in [3.8, 4) is 0 Å².